The molecule has 2 saturated heterocycles. The first kappa shape index (κ1) is 12.1. The lowest BCUT2D eigenvalue weighted by atomic mass is 9.89. The van der Waals surface area contributed by atoms with Crippen LogP contribution in [0.1, 0.15) is 25.0 Å². The maximum Gasteiger partial charge on any atom is 0.0416 e. The Bertz CT molecular complexity index is 379. The molecule has 1 N–H and O–H groups in total. The summed E-state index contributed by atoms with van der Waals surface area (Å²) in [4.78, 5) is 6.86. The maximum absolute atomic E-state index is 4.38. The van der Waals surface area contributed by atoms with Gasteiger partial charge in [-0.3, -0.25) is 4.98 Å². The molecule has 0 aliphatic carbocycles. The fourth-order valence-corrected chi connectivity index (χ4v) is 3.48. The van der Waals surface area contributed by atoms with Crippen LogP contribution in [0.15, 0.2) is 24.4 Å². The Hall–Kier alpha value is -0.930. The number of hydrogen-bond donors (Lipinski definition) is 1. The molecule has 0 spiro atoms. The fourth-order valence-electron chi connectivity index (χ4n) is 3.48. The van der Waals surface area contributed by atoms with Crippen LogP contribution >= 0.6 is 0 Å². The monoisotopic (exact) mass is 245 g/mol. The Morgan fingerprint density at radius 2 is 2.33 bits per heavy atom. The molecule has 1 aromatic rings. The van der Waals surface area contributed by atoms with Crippen molar-refractivity contribution in [1.82, 2.24) is 15.2 Å². The van der Waals surface area contributed by atoms with Crippen molar-refractivity contribution >= 4 is 0 Å². The van der Waals surface area contributed by atoms with E-state index in [1.807, 2.05) is 12.3 Å². The van der Waals surface area contributed by atoms with E-state index in [9.17, 15) is 0 Å². The number of rotatable bonds is 5. The Morgan fingerprint density at radius 1 is 1.39 bits per heavy atom. The lowest BCUT2D eigenvalue weighted by Crippen LogP contribution is -2.34. The van der Waals surface area contributed by atoms with Crippen LogP contribution < -0.4 is 5.32 Å². The molecule has 18 heavy (non-hydrogen) atoms. The standard InChI is InChI=1S/C15H23N3/c1-18(9-7-13-4-2-3-8-16-13)11-12-10-14-5-6-15(12)17-14/h2-4,8,12,14-15,17H,5-7,9-11H2,1H3. The van der Waals surface area contributed by atoms with Gasteiger partial charge in [-0.2, -0.15) is 0 Å². The molecular weight excluding hydrogens is 222 g/mol. The predicted octanol–water partition coefficient (Wildman–Crippen LogP) is 1.70. The van der Waals surface area contributed by atoms with Gasteiger partial charge in [0.1, 0.15) is 0 Å². The number of nitrogens with zero attached hydrogens (tertiary/aromatic N) is 2. The Kier molecular flexibility index (Phi) is 3.62. The first-order chi connectivity index (χ1) is 8.81. The lowest BCUT2D eigenvalue weighted by Gasteiger charge is -2.26. The van der Waals surface area contributed by atoms with E-state index in [1.165, 1.54) is 31.5 Å². The first-order valence-electron chi connectivity index (χ1n) is 7.16. The van der Waals surface area contributed by atoms with Crippen molar-refractivity contribution in [3.05, 3.63) is 30.1 Å². The summed E-state index contributed by atoms with van der Waals surface area (Å²) in [5.41, 5.74) is 1.20. The smallest absolute Gasteiger partial charge is 0.0416 e. The molecule has 0 radical (unpaired) electrons. The molecule has 0 aromatic carbocycles. The van der Waals surface area contributed by atoms with E-state index in [1.54, 1.807) is 0 Å². The van der Waals surface area contributed by atoms with Crippen LogP contribution in [0.2, 0.25) is 0 Å². The summed E-state index contributed by atoms with van der Waals surface area (Å²) in [6.45, 7) is 2.35. The number of pyridine rings is 1. The third-order valence-electron chi connectivity index (χ3n) is 4.45. The summed E-state index contributed by atoms with van der Waals surface area (Å²) in [5.74, 6) is 0.873. The molecule has 3 heterocycles. The highest BCUT2D eigenvalue weighted by Gasteiger charge is 2.38. The van der Waals surface area contributed by atoms with E-state index >= 15 is 0 Å². The van der Waals surface area contributed by atoms with Gasteiger partial charge in [-0.1, -0.05) is 6.07 Å². The average Bonchev–Trinajstić information content (AvgIpc) is 3.00. The van der Waals surface area contributed by atoms with E-state index in [0.717, 1.165) is 31.0 Å². The summed E-state index contributed by atoms with van der Waals surface area (Å²) in [6, 6.07) is 7.79. The number of hydrogen-bond acceptors (Lipinski definition) is 3. The van der Waals surface area contributed by atoms with Crippen LogP contribution in [0.3, 0.4) is 0 Å². The number of nitrogens with one attached hydrogen (secondary N) is 1. The van der Waals surface area contributed by atoms with Crippen LogP contribution in [-0.2, 0) is 6.42 Å². The highest BCUT2D eigenvalue weighted by Crippen LogP contribution is 2.33. The highest BCUT2D eigenvalue weighted by molar-refractivity contribution is 5.04. The van der Waals surface area contributed by atoms with Crippen molar-refractivity contribution in [2.45, 2.75) is 37.8 Å². The molecule has 0 saturated carbocycles. The van der Waals surface area contributed by atoms with Crippen LogP contribution in [-0.4, -0.2) is 42.1 Å². The van der Waals surface area contributed by atoms with Crippen molar-refractivity contribution in [1.29, 1.82) is 0 Å². The van der Waals surface area contributed by atoms with Crippen molar-refractivity contribution in [3.8, 4) is 0 Å². The molecule has 0 amide bonds. The third-order valence-corrected chi connectivity index (χ3v) is 4.45. The van der Waals surface area contributed by atoms with E-state index in [-0.39, 0.29) is 0 Å². The molecule has 3 heteroatoms. The van der Waals surface area contributed by atoms with Gasteiger partial charge in [-0.15, -0.1) is 0 Å². The van der Waals surface area contributed by atoms with Crippen molar-refractivity contribution in [3.63, 3.8) is 0 Å². The molecule has 3 rings (SSSR count). The Morgan fingerprint density at radius 3 is 3.00 bits per heavy atom. The normalized spacial score (nSPS) is 30.2. The molecule has 3 nitrogen and oxygen atoms in total. The highest BCUT2D eigenvalue weighted by atomic mass is 15.1. The van der Waals surface area contributed by atoms with Crippen LogP contribution in [0.25, 0.3) is 0 Å². The van der Waals surface area contributed by atoms with Crippen molar-refractivity contribution < 1.29 is 0 Å². The summed E-state index contributed by atoms with van der Waals surface area (Å²) in [6.07, 6.45) is 7.13. The lowest BCUT2D eigenvalue weighted by molar-refractivity contribution is 0.250. The largest absolute Gasteiger partial charge is 0.311 e. The quantitative estimate of drug-likeness (QED) is 0.856. The molecule has 3 unspecified atom stereocenters. The van der Waals surface area contributed by atoms with Gasteiger partial charge in [0, 0.05) is 43.5 Å². The third kappa shape index (κ3) is 2.73. The molecule has 2 aliphatic rings. The molecular formula is C15H23N3. The number of fused-ring (bicyclic) bond motifs is 2. The number of aromatic nitrogens is 1. The van der Waals surface area contributed by atoms with E-state index < -0.39 is 0 Å². The minimum absolute atomic E-state index is 0.798. The predicted molar refractivity (Wildman–Crippen MR) is 73.5 cm³/mol. The van der Waals surface area contributed by atoms with Crippen LogP contribution in [0.4, 0.5) is 0 Å². The zero-order valence-corrected chi connectivity index (χ0v) is 11.2. The molecule has 2 bridgehead atoms. The van der Waals surface area contributed by atoms with Crippen LogP contribution in [0, 0.1) is 5.92 Å². The second-order valence-corrected chi connectivity index (χ2v) is 5.88. The summed E-state index contributed by atoms with van der Waals surface area (Å²) in [7, 11) is 2.24. The van der Waals surface area contributed by atoms with Gasteiger partial charge in [0.2, 0.25) is 0 Å². The van der Waals surface area contributed by atoms with Crippen LogP contribution in [0.5, 0.6) is 0 Å². The van der Waals surface area contributed by atoms with Gasteiger partial charge >= 0.3 is 0 Å². The SMILES string of the molecule is CN(CCc1ccccn1)CC1CC2CCC1N2. The average molecular weight is 245 g/mol. The van der Waals surface area contributed by atoms with Gasteiger partial charge in [0.15, 0.2) is 0 Å². The van der Waals surface area contributed by atoms with E-state index in [0.29, 0.717) is 0 Å². The van der Waals surface area contributed by atoms with Gasteiger partial charge < -0.3 is 10.2 Å². The van der Waals surface area contributed by atoms with Crippen molar-refractivity contribution in [2.75, 3.05) is 20.1 Å². The van der Waals surface area contributed by atoms with Gasteiger partial charge in [-0.05, 0) is 44.4 Å². The minimum atomic E-state index is 0.798. The molecule has 2 aliphatic heterocycles. The van der Waals surface area contributed by atoms with Gasteiger partial charge in [-0.25, -0.2) is 0 Å². The maximum atomic E-state index is 4.38. The van der Waals surface area contributed by atoms with E-state index in [4.69, 9.17) is 0 Å². The van der Waals surface area contributed by atoms with Gasteiger partial charge in [0.05, 0.1) is 0 Å². The molecule has 1 aromatic heterocycles. The molecule has 98 valence electrons. The molecule has 3 atom stereocenters. The first-order valence-corrected chi connectivity index (χ1v) is 7.16. The summed E-state index contributed by atoms with van der Waals surface area (Å²) >= 11 is 0. The van der Waals surface area contributed by atoms with Crippen molar-refractivity contribution in [2.24, 2.45) is 5.92 Å². The summed E-state index contributed by atoms with van der Waals surface area (Å²) < 4.78 is 0. The molecule has 2 fully saturated rings. The second-order valence-electron chi connectivity index (χ2n) is 5.88. The zero-order valence-electron chi connectivity index (χ0n) is 11.2. The Balaban J connectivity index is 1.43. The van der Waals surface area contributed by atoms with E-state index in [2.05, 4.69) is 34.4 Å². The summed E-state index contributed by atoms with van der Waals surface area (Å²) in [5, 5.41) is 3.72. The fraction of sp³-hybridized carbons (Fsp3) is 0.667. The minimum Gasteiger partial charge on any atom is -0.311 e. The Labute approximate surface area is 110 Å². The zero-order chi connectivity index (χ0) is 12.4. The van der Waals surface area contributed by atoms with Gasteiger partial charge in [0.25, 0.3) is 0 Å². The second kappa shape index (κ2) is 5.37. The topological polar surface area (TPSA) is 28.2 Å². The number of likely N-dealkylation sites (N-methyl/N-ethyl adjacent to an activating group) is 1.